The maximum atomic E-state index is 9.33. The van der Waals surface area contributed by atoms with E-state index in [4.69, 9.17) is 0 Å². The van der Waals surface area contributed by atoms with Crippen LogP contribution in [0.15, 0.2) is 42.1 Å². The summed E-state index contributed by atoms with van der Waals surface area (Å²) >= 11 is 0. The minimum Gasteiger partial charge on any atom is -0.390 e. The molecule has 1 aliphatic rings. The second-order valence-electron chi connectivity index (χ2n) is 4.08. The van der Waals surface area contributed by atoms with Gasteiger partial charge in [0.1, 0.15) is 0 Å². The van der Waals surface area contributed by atoms with Crippen molar-refractivity contribution < 1.29 is 5.11 Å². The van der Waals surface area contributed by atoms with E-state index in [1.165, 1.54) is 22.0 Å². The van der Waals surface area contributed by atoms with E-state index in [0.29, 0.717) is 0 Å². The van der Waals surface area contributed by atoms with E-state index in [-0.39, 0.29) is 6.61 Å². The van der Waals surface area contributed by atoms with Gasteiger partial charge in [0, 0.05) is 23.8 Å². The van der Waals surface area contributed by atoms with Crippen LogP contribution >= 0.6 is 0 Å². The Hall–Kier alpha value is -1.80. The highest BCUT2D eigenvalue weighted by atomic mass is 16.3. The number of aliphatic hydroxyl groups excluding tert-OH is 1. The van der Waals surface area contributed by atoms with Gasteiger partial charge >= 0.3 is 0 Å². The van der Waals surface area contributed by atoms with Crippen LogP contribution in [0.1, 0.15) is 5.56 Å². The Morgan fingerprint density at radius 1 is 1.12 bits per heavy atom. The number of anilines is 1. The van der Waals surface area contributed by atoms with Gasteiger partial charge in [-0.25, -0.2) is 0 Å². The van der Waals surface area contributed by atoms with Crippen molar-refractivity contribution in [2.24, 2.45) is 0 Å². The summed E-state index contributed by atoms with van der Waals surface area (Å²) in [6.07, 6.45) is 2.05. The Morgan fingerprint density at radius 2 is 1.88 bits per heavy atom. The van der Waals surface area contributed by atoms with Gasteiger partial charge in [0.25, 0.3) is 0 Å². The highest BCUT2D eigenvalue weighted by Crippen LogP contribution is 2.35. The Balaban J connectivity index is 2.41. The molecule has 0 saturated carbocycles. The lowest BCUT2D eigenvalue weighted by Gasteiger charge is -2.27. The topological polar surface area (TPSA) is 23.5 Å². The molecular formula is C14H13NO. The van der Waals surface area contributed by atoms with E-state index in [9.17, 15) is 5.11 Å². The molecule has 3 rings (SSSR count). The average molecular weight is 211 g/mol. The van der Waals surface area contributed by atoms with Crippen molar-refractivity contribution in [3.8, 4) is 0 Å². The van der Waals surface area contributed by atoms with E-state index in [1.807, 2.05) is 7.05 Å². The van der Waals surface area contributed by atoms with Crippen molar-refractivity contribution in [2.75, 3.05) is 18.6 Å². The SMILES string of the molecule is CN1C(CO)=Cc2cccc3cccc1c23. The zero-order valence-corrected chi connectivity index (χ0v) is 9.14. The van der Waals surface area contributed by atoms with Gasteiger partial charge < -0.3 is 10.0 Å². The number of aliphatic hydroxyl groups is 1. The Bertz CT molecular complexity index is 581. The Kier molecular flexibility index (Phi) is 1.98. The molecule has 0 atom stereocenters. The predicted molar refractivity (Wildman–Crippen MR) is 67.4 cm³/mol. The van der Waals surface area contributed by atoms with Gasteiger partial charge in [-0.05, 0) is 23.1 Å². The van der Waals surface area contributed by atoms with E-state index in [1.54, 1.807) is 0 Å². The molecule has 1 N–H and O–H groups in total. The van der Waals surface area contributed by atoms with Crippen molar-refractivity contribution in [3.63, 3.8) is 0 Å². The van der Waals surface area contributed by atoms with E-state index in [2.05, 4.69) is 47.4 Å². The van der Waals surface area contributed by atoms with Crippen LogP contribution in [0.2, 0.25) is 0 Å². The van der Waals surface area contributed by atoms with E-state index in [0.717, 1.165) is 5.70 Å². The monoisotopic (exact) mass is 211 g/mol. The molecular weight excluding hydrogens is 198 g/mol. The molecule has 0 radical (unpaired) electrons. The van der Waals surface area contributed by atoms with Gasteiger partial charge in [-0.2, -0.15) is 0 Å². The number of hydrogen-bond donors (Lipinski definition) is 1. The van der Waals surface area contributed by atoms with Crippen LogP contribution in [0, 0.1) is 0 Å². The van der Waals surface area contributed by atoms with Gasteiger partial charge in [0.15, 0.2) is 0 Å². The van der Waals surface area contributed by atoms with Crippen LogP contribution in [0.25, 0.3) is 16.8 Å². The zero-order valence-electron chi connectivity index (χ0n) is 9.14. The summed E-state index contributed by atoms with van der Waals surface area (Å²) in [7, 11) is 1.99. The molecule has 0 aliphatic carbocycles. The summed E-state index contributed by atoms with van der Waals surface area (Å²) in [6, 6.07) is 12.5. The first-order chi connectivity index (χ1) is 7.81. The molecule has 1 aliphatic heterocycles. The summed E-state index contributed by atoms with van der Waals surface area (Å²) < 4.78 is 0. The van der Waals surface area contributed by atoms with Crippen molar-refractivity contribution in [3.05, 3.63) is 47.7 Å². The number of likely N-dealkylation sites (N-methyl/N-ethyl adjacent to an activating group) is 1. The van der Waals surface area contributed by atoms with Gasteiger partial charge in [-0.1, -0.05) is 30.3 Å². The number of rotatable bonds is 1. The summed E-state index contributed by atoms with van der Waals surface area (Å²) in [5.74, 6) is 0. The van der Waals surface area contributed by atoms with Crippen molar-refractivity contribution in [1.29, 1.82) is 0 Å². The van der Waals surface area contributed by atoms with Gasteiger partial charge in [0.05, 0.1) is 6.61 Å². The third-order valence-corrected chi connectivity index (χ3v) is 3.19. The molecule has 2 aromatic carbocycles. The third kappa shape index (κ3) is 1.17. The second kappa shape index (κ2) is 3.35. The first-order valence-electron chi connectivity index (χ1n) is 5.38. The van der Waals surface area contributed by atoms with Gasteiger partial charge in [-0.3, -0.25) is 0 Å². The summed E-state index contributed by atoms with van der Waals surface area (Å²) in [6.45, 7) is 0.0707. The van der Waals surface area contributed by atoms with Crippen molar-refractivity contribution in [1.82, 2.24) is 0 Å². The molecule has 0 aromatic heterocycles. The molecule has 0 spiro atoms. The first-order valence-corrected chi connectivity index (χ1v) is 5.38. The van der Waals surface area contributed by atoms with Crippen LogP contribution in [0.4, 0.5) is 5.69 Å². The van der Waals surface area contributed by atoms with Crippen LogP contribution in [0.3, 0.4) is 0 Å². The Morgan fingerprint density at radius 3 is 2.62 bits per heavy atom. The van der Waals surface area contributed by atoms with Crippen LogP contribution < -0.4 is 4.90 Å². The molecule has 1 heterocycles. The molecule has 0 amide bonds. The summed E-state index contributed by atoms with van der Waals surface area (Å²) in [5, 5.41) is 11.8. The summed E-state index contributed by atoms with van der Waals surface area (Å²) in [5.41, 5.74) is 3.29. The lowest BCUT2D eigenvalue weighted by molar-refractivity contribution is 0.329. The molecule has 0 saturated heterocycles. The lowest BCUT2D eigenvalue weighted by Crippen LogP contribution is -2.21. The van der Waals surface area contributed by atoms with Crippen LogP contribution in [-0.4, -0.2) is 18.8 Å². The molecule has 0 fully saturated rings. The molecule has 0 unspecified atom stereocenters. The fraction of sp³-hybridized carbons (Fsp3) is 0.143. The maximum absolute atomic E-state index is 9.33. The van der Waals surface area contributed by atoms with Gasteiger partial charge in [0.2, 0.25) is 0 Å². The highest BCUT2D eigenvalue weighted by molar-refractivity contribution is 6.03. The Labute approximate surface area is 94.4 Å². The predicted octanol–water partition coefficient (Wildman–Crippen LogP) is 2.62. The fourth-order valence-corrected chi connectivity index (χ4v) is 2.33. The maximum Gasteiger partial charge on any atom is 0.0833 e. The van der Waals surface area contributed by atoms with Crippen molar-refractivity contribution in [2.45, 2.75) is 0 Å². The number of benzene rings is 2. The zero-order chi connectivity index (χ0) is 11.1. The minimum absolute atomic E-state index is 0.0707. The van der Waals surface area contributed by atoms with E-state index >= 15 is 0 Å². The number of hydrogen-bond acceptors (Lipinski definition) is 2. The standard InChI is InChI=1S/C14H13NO/c1-15-12(9-16)8-11-6-2-4-10-5-3-7-13(15)14(10)11/h2-8,16H,9H2,1H3. The molecule has 0 bridgehead atoms. The molecule has 2 nitrogen and oxygen atoms in total. The molecule has 16 heavy (non-hydrogen) atoms. The molecule has 80 valence electrons. The minimum atomic E-state index is 0.0707. The summed E-state index contributed by atoms with van der Waals surface area (Å²) in [4.78, 5) is 2.05. The average Bonchev–Trinajstić information content (AvgIpc) is 2.33. The van der Waals surface area contributed by atoms with E-state index < -0.39 is 0 Å². The third-order valence-electron chi connectivity index (χ3n) is 3.19. The van der Waals surface area contributed by atoms with Gasteiger partial charge in [-0.15, -0.1) is 0 Å². The second-order valence-corrected chi connectivity index (χ2v) is 4.08. The van der Waals surface area contributed by atoms with Crippen molar-refractivity contribution >= 4 is 22.5 Å². The largest absolute Gasteiger partial charge is 0.390 e. The smallest absolute Gasteiger partial charge is 0.0833 e. The molecule has 2 aromatic rings. The fourth-order valence-electron chi connectivity index (χ4n) is 2.33. The lowest BCUT2D eigenvalue weighted by atomic mass is 9.98. The molecule has 2 heteroatoms. The van der Waals surface area contributed by atoms with Crippen LogP contribution in [-0.2, 0) is 0 Å². The normalized spacial score (nSPS) is 14.1. The first kappa shape index (κ1) is 9.43. The van der Waals surface area contributed by atoms with Crippen LogP contribution in [0.5, 0.6) is 0 Å². The quantitative estimate of drug-likeness (QED) is 0.783. The highest BCUT2D eigenvalue weighted by Gasteiger charge is 2.16. The number of nitrogens with zero attached hydrogens (tertiary/aromatic N) is 1.